The van der Waals surface area contributed by atoms with E-state index in [0.717, 1.165) is 31.2 Å². The molecule has 0 spiro atoms. The van der Waals surface area contributed by atoms with Gasteiger partial charge in [-0.25, -0.2) is 0 Å². The van der Waals surface area contributed by atoms with Gasteiger partial charge < -0.3 is 4.90 Å². The highest BCUT2D eigenvalue weighted by Crippen LogP contribution is 2.30. The summed E-state index contributed by atoms with van der Waals surface area (Å²) in [6, 6.07) is 1.28. The Balaban J connectivity index is 1.86. The Kier molecular flexibility index (Phi) is 4.01. The highest BCUT2D eigenvalue weighted by molar-refractivity contribution is 5.79. The lowest BCUT2D eigenvalue weighted by Gasteiger charge is -2.39. The van der Waals surface area contributed by atoms with Crippen LogP contribution < -0.4 is 0 Å². The summed E-state index contributed by atoms with van der Waals surface area (Å²) >= 11 is 0. The molecule has 0 saturated heterocycles. The lowest BCUT2D eigenvalue weighted by Crippen LogP contribution is -2.44. The van der Waals surface area contributed by atoms with Crippen LogP contribution in [0.4, 0.5) is 0 Å². The largest absolute Gasteiger partial charge is 0.300 e. The van der Waals surface area contributed by atoms with Gasteiger partial charge in [0.1, 0.15) is 5.78 Å². The molecule has 2 rings (SSSR count). The monoisotopic (exact) mass is 223 g/mol. The number of Topliss-reactive ketones (excluding diaryl/α,β-unsaturated/α-hetero) is 1. The molecule has 0 aromatic carbocycles. The van der Waals surface area contributed by atoms with E-state index in [1.807, 2.05) is 0 Å². The molecule has 2 saturated carbocycles. The molecular weight excluding hydrogens is 198 g/mol. The second-order valence-electron chi connectivity index (χ2n) is 5.87. The standard InChI is InChI=1S/C14H25NO/c1-11-6-8-12(9-7-11)15(2)13-4-3-5-14(16)10-13/h11-13H,3-10H2,1-2H3. The zero-order valence-electron chi connectivity index (χ0n) is 10.7. The maximum atomic E-state index is 11.5. The van der Waals surface area contributed by atoms with E-state index in [0.29, 0.717) is 11.8 Å². The van der Waals surface area contributed by atoms with E-state index in [-0.39, 0.29) is 0 Å². The number of ketones is 1. The molecule has 0 aromatic heterocycles. The van der Waals surface area contributed by atoms with E-state index in [4.69, 9.17) is 0 Å². The molecule has 0 aromatic rings. The van der Waals surface area contributed by atoms with Crippen LogP contribution in [-0.2, 0) is 4.79 Å². The molecule has 16 heavy (non-hydrogen) atoms. The molecule has 1 unspecified atom stereocenters. The molecule has 0 aliphatic heterocycles. The van der Waals surface area contributed by atoms with Crippen LogP contribution in [-0.4, -0.2) is 29.8 Å². The summed E-state index contributed by atoms with van der Waals surface area (Å²) in [6.45, 7) is 2.36. The van der Waals surface area contributed by atoms with Crippen LogP contribution in [0, 0.1) is 5.92 Å². The first-order valence-corrected chi connectivity index (χ1v) is 6.90. The van der Waals surface area contributed by atoms with Crippen molar-refractivity contribution in [3.8, 4) is 0 Å². The van der Waals surface area contributed by atoms with Gasteiger partial charge in [0, 0.05) is 24.9 Å². The number of hydrogen-bond donors (Lipinski definition) is 0. The highest BCUT2D eigenvalue weighted by Gasteiger charge is 2.29. The fourth-order valence-electron chi connectivity index (χ4n) is 3.30. The minimum Gasteiger partial charge on any atom is -0.300 e. The summed E-state index contributed by atoms with van der Waals surface area (Å²) in [5.74, 6) is 1.39. The second-order valence-corrected chi connectivity index (χ2v) is 5.87. The van der Waals surface area contributed by atoms with E-state index in [9.17, 15) is 4.79 Å². The molecule has 0 amide bonds. The first-order valence-electron chi connectivity index (χ1n) is 6.90. The zero-order valence-corrected chi connectivity index (χ0v) is 10.7. The number of rotatable bonds is 2. The third-order valence-corrected chi connectivity index (χ3v) is 4.59. The van der Waals surface area contributed by atoms with E-state index in [1.165, 1.54) is 32.1 Å². The maximum Gasteiger partial charge on any atom is 0.134 e. The van der Waals surface area contributed by atoms with E-state index >= 15 is 0 Å². The van der Waals surface area contributed by atoms with Gasteiger partial charge in [-0.1, -0.05) is 6.92 Å². The average Bonchev–Trinajstić information content (AvgIpc) is 2.29. The average molecular weight is 223 g/mol. The van der Waals surface area contributed by atoms with E-state index in [1.54, 1.807) is 0 Å². The Labute approximate surface area is 99.4 Å². The lowest BCUT2D eigenvalue weighted by molar-refractivity contribution is -0.122. The smallest absolute Gasteiger partial charge is 0.134 e. The Morgan fingerprint density at radius 2 is 1.75 bits per heavy atom. The molecule has 2 nitrogen and oxygen atoms in total. The lowest BCUT2D eigenvalue weighted by atomic mass is 9.84. The summed E-state index contributed by atoms with van der Waals surface area (Å²) in [7, 11) is 2.24. The normalized spacial score (nSPS) is 36.7. The summed E-state index contributed by atoms with van der Waals surface area (Å²) in [5, 5.41) is 0. The quantitative estimate of drug-likeness (QED) is 0.717. The highest BCUT2D eigenvalue weighted by atomic mass is 16.1. The maximum absolute atomic E-state index is 11.5. The Morgan fingerprint density at radius 1 is 1.06 bits per heavy atom. The molecule has 0 bridgehead atoms. The van der Waals surface area contributed by atoms with Gasteiger partial charge in [0.15, 0.2) is 0 Å². The molecule has 2 fully saturated rings. The summed E-state index contributed by atoms with van der Waals surface area (Å²) in [5.41, 5.74) is 0. The number of hydrogen-bond acceptors (Lipinski definition) is 2. The van der Waals surface area contributed by atoms with E-state index < -0.39 is 0 Å². The third kappa shape index (κ3) is 2.85. The summed E-state index contributed by atoms with van der Waals surface area (Å²) in [4.78, 5) is 14.0. The van der Waals surface area contributed by atoms with Crippen LogP contribution in [0.5, 0.6) is 0 Å². The van der Waals surface area contributed by atoms with Crippen molar-refractivity contribution in [1.82, 2.24) is 4.90 Å². The van der Waals surface area contributed by atoms with Crippen molar-refractivity contribution in [1.29, 1.82) is 0 Å². The van der Waals surface area contributed by atoms with Crippen molar-refractivity contribution >= 4 is 5.78 Å². The molecule has 92 valence electrons. The van der Waals surface area contributed by atoms with Crippen LogP contribution in [0.25, 0.3) is 0 Å². The van der Waals surface area contributed by atoms with Gasteiger partial charge in [0.05, 0.1) is 0 Å². The number of nitrogens with zero attached hydrogens (tertiary/aromatic N) is 1. The van der Waals surface area contributed by atoms with Crippen LogP contribution in [0.3, 0.4) is 0 Å². The Morgan fingerprint density at radius 3 is 2.38 bits per heavy atom. The van der Waals surface area contributed by atoms with Gasteiger partial charge >= 0.3 is 0 Å². The van der Waals surface area contributed by atoms with E-state index in [2.05, 4.69) is 18.9 Å². The van der Waals surface area contributed by atoms with Crippen LogP contribution >= 0.6 is 0 Å². The Bertz CT molecular complexity index is 243. The SMILES string of the molecule is CC1CCC(N(C)C2CCCC(=O)C2)CC1. The van der Waals surface area contributed by atoms with Crippen molar-refractivity contribution in [2.75, 3.05) is 7.05 Å². The minimum absolute atomic E-state index is 0.479. The molecule has 0 N–H and O–H groups in total. The predicted octanol–water partition coefficient (Wildman–Crippen LogP) is 3.01. The van der Waals surface area contributed by atoms with Gasteiger partial charge in [-0.15, -0.1) is 0 Å². The molecule has 1 atom stereocenters. The molecule has 2 heteroatoms. The number of carbonyl (C=O) groups excluding carboxylic acids is 1. The van der Waals surface area contributed by atoms with Crippen molar-refractivity contribution in [2.24, 2.45) is 5.92 Å². The fourth-order valence-corrected chi connectivity index (χ4v) is 3.30. The predicted molar refractivity (Wildman–Crippen MR) is 66.4 cm³/mol. The van der Waals surface area contributed by atoms with Crippen LogP contribution in [0.2, 0.25) is 0 Å². The van der Waals surface area contributed by atoms with Gasteiger partial charge in [-0.2, -0.15) is 0 Å². The molecular formula is C14H25NO. The van der Waals surface area contributed by atoms with Crippen molar-refractivity contribution in [3.05, 3.63) is 0 Å². The summed E-state index contributed by atoms with van der Waals surface area (Å²) < 4.78 is 0. The van der Waals surface area contributed by atoms with Crippen LogP contribution in [0.1, 0.15) is 58.3 Å². The zero-order chi connectivity index (χ0) is 11.5. The second kappa shape index (κ2) is 5.31. The number of carbonyl (C=O) groups is 1. The molecule has 0 heterocycles. The van der Waals surface area contributed by atoms with Crippen molar-refractivity contribution in [3.63, 3.8) is 0 Å². The van der Waals surface area contributed by atoms with Gasteiger partial charge in [-0.3, -0.25) is 4.79 Å². The van der Waals surface area contributed by atoms with Crippen molar-refractivity contribution < 1.29 is 4.79 Å². The van der Waals surface area contributed by atoms with Crippen molar-refractivity contribution in [2.45, 2.75) is 70.4 Å². The van der Waals surface area contributed by atoms with Crippen LogP contribution in [0.15, 0.2) is 0 Å². The first-order chi connectivity index (χ1) is 7.66. The van der Waals surface area contributed by atoms with Gasteiger partial charge in [0.25, 0.3) is 0 Å². The topological polar surface area (TPSA) is 20.3 Å². The minimum atomic E-state index is 0.479. The third-order valence-electron chi connectivity index (χ3n) is 4.59. The molecule has 2 aliphatic carbocycles. The first kappa shape index (κ1) is 12.1. The fraction of sp³-hybridized carbons (Fsp3) is 0.929. The Hall–Kier alpha value is -0.370. The molecule has 0 radical (unpaired) electrons. The molecule has 2 aliphatic rings. The van der Waals surface area contributed by atoms with Gasteiger partial charge in [0.2, 0.25) is 0 Å². The summed E-state index contributed by atoms with van der Waals surface area (Å²) in [6.07, 6.45) is 9.38. The van der Waals surface area contributed by atoms with Gasteiger partial charge in [-0.05, 0) is 51.5 Å².